The predicted octanol–water partition coefficient (Wildman–Crippen LogP) is 1.72. The molecule has 1 aliphatic heterocycles. The molecule has 0 spiro atoms. The van der Waals surface area contributed by atoms with E-state index in [0.29, 0.717) is 5.56 Å². The van der Waals surface area contributed by atoms with Gasteiger partial charge in [0.1, 0.15) is 24.0 Å². The molecule has 4 nitrogen and oxygen atoms in total. The van der Waals surface area contributed by atoms with E-state index >= 15 is 0 Å². The van der Waals surface area contributed by atoms with Gasteiger partial charge in [0.05, 0.1) is 6.07 Å². The van der Waals surface area contributed by atoms with Gasteiger partial charge in [0.15, 0.2) is 0 Å². The van der Waals surface area contributed by atoms with Crippen LogP contribution in [0, 0.1) is 17.2 Å². The molecule has 0 radical (unpaired) electrons. The number of hydrogen-bond acceptors (Lipinski definition) is 4. The topological polar surface area (TPSA) is 74.2 Å². The number of hydrogen-bond donors (Lipinski definition) is 2. The normalized spacial score (nSPS) is 27.5. The first-order chi connectivity index (χ1) is 8.93. The molecule has 7 heteroatoms. The first-order valence-corrected chi connectivity index (χ1v) is 5.54. The summed E-state index contributed by atoms with van der Waals surface area (Å²) in [6.07, 6.45) is -5.45. The summed E-state index contributed by atoms with van der Waals surface area (Å²) in [4.78, 5) is 3.93. The van der Waals surface area contributed by atoms with Crippen molar-refractivity contribution in [3.8, 4) is 6.07 Å². The van der Waals surface area contributed by atoms with E-state index in [0.717, 1.165) is 0 Å². The Morgan fingerprint density at radius 3 is 2.42 bits per heavy atom. The fourth-order valence-electron chi connectivity index (χ4n) is 1.93. The lowest BCUT2D eigenvalue weighted by atomic mass is 9.96. The third-order valence-corrected chi connectivity index (χ3v) is 2.87. The average Bonchev–Trinajstić information content (AvgIpc) is 2.37. The van der Waals surface area contributed by atoms with Gasteiger partial charge < -0.3 is 5.73 Å². The zero-order chi connectivity index (χ0) is 14.0. The van der Waals surface area contributed by atoms with Crippen LogP contribution in [0.2, 0.25) is 0 Å². The van der Waals surface area contributed by atoms with Crippen molar-refractivity contribution >= 4 is 5.84 Å². The minimum absolute atomic E-state index is 0.294. The van der Waals surface area contributed by atoms with Gasteiger partial charge in [-0.1, -0.05) is 30.3 Å². The zero-order valence-electron chi connectivity index (χ0n) is 9.72. The lowest BCUT2D eigenvalue weighted by Crippen LogP contribution is -2.55. The van der Waals surface area contributed by atoms with Crippen LogP contribution in [0.25, 0.3) is 0 Å². The van der Waals surface area contributed by atoms with E-state index < -0.39 is 24.3 Å². The number of halogens is 3. The minimum Gasteiger partial charge on any atom is -0.386 e. The first kappa shape index (κ1) is 13.4. The molecule has 3 unspecified atom stereocenters. The number of aliphatic imine (C=N–C) groups is 1. The molecule has 2 rings (SSSR count). The molecule has 1 aromatic rings. The van der Waals surface area contributed by atoms with Crippen LogP contribution in [-0.2, 0) is 0 Å². The molecular weight excluding hydrogens is 257 g/mol. The van der Waals surface area contributed by atoms with Crippen molar-refractivity contribution in [2.45, 2.75) is 18.4 Å². The van der Waals surface area contributed by atoms with E-state index in [1.165, 1.54) is 0 Å². The monoisotopic (exact) mass is 268 g/mol. The van der Waals surface area contributed by atoms with Crippen molar-refractivity contribution in [3.05, 3.63) is 35.9 Å². The van der Waals surface area contributed by atoms with Gasteiger partial charge in [-0.05, 0) is 5.56 Å². The number of nitrogens with one attached hydrogen (secondary N) is 1. The van der Waals surface area contributed by atoms with Gasteiger partial charge in [-0.15, -0.1) is 0 Å². The number of alkyl halides is 3. The van der Waals surface area contributed by atoms with Crippen LogP contribution in [0.15, 0.2) is 35.3 Å². The Bertz CT molecular complexity index is 518. The summed E-state index contributed by atoms with van der Waals surface area (Å²) in [7, 11) is 0. The Balaban J connectivity index is 2.36. The highest BCUT2D eigenvalue weighted by atomic mass is 19.4. The van der Waals surface area contributed by atoms with Crippen LogP contribution in [0.1, 0.15) is 11.7 Å². The van der Waals surface area contributed by atoms with E-state index in [4.69, 9.17) is 11.0 Å². The van der Waals surface area contributed by atoms with Crippen LogP contribution in [-0.4, -0.2) is 18.1 Å². The second-order valence-corrected chi connectivity index (χ2v) is 4.16. The van der Waals surface area contributed by atoms with Crippen molar-refractivity contribution in [1.82, 2.24) is 5.32 Å². The molecule has 0 amide bonds. The fraction of sp³-hybridized carbons (Fsp3) is 0.333. The molecule has 1 heterocycles. The Morgan fingerprint density at radius 2 is 1.89 bits per heavy atom. The third kappa shape index (κ3) is 2.69. The molecule has 0 fully saturated rings. The van der Waals surface area contributed by atoms with E-state index in [-0.39, 0.29) is 5.84 Å². The number of amidine groups is 1. The van der Waals surface area contributed by atoms with Gasteiger partial charge >= 0.3 is 6.18 Å². The highest BCUT2D eigenvalue weighted by Gasteiger charge is 2.49. The average molecular weight is 268 g/mol. The van der Waals surface area contributed by atoms with E-state index in [1.54, 1.807) is 36.4 Å². The first-order valence-electron chi connectivity index (χ1n) is 5.54. The largest absolute Gasteiger partial charge is 0.405 e. The molecule has 0 saturated heterocycles. The molecule has 19 heavy (non-hydrogen) atoms. The summed E-state index contributed by atoms with van der Waals surface area (Å²) in [5.74, 6) is -1.79. The molecule has 0 aromatic heterocycles. The maximum atomic E-state index is 12.9. The Labute approximate surface area is 107 Å². The maximum Gasteiger partial charge on any atom is 0.405 e. The van der Waals surface area contributed by atoms with Gasteiger partial charge in [0, 0.05) is 0 Å². The van der Waals surface area contributed by atoms with Crippen LogP contribution >= 0.6 is 0 Å². The molecule has 3 atom stereocenters. The van der Waals surface area contributed by atoms with Crippen LogP contribution < -0.4 is 11.1 Å². The number of nitrogens with zero attached hydrogens (tertiary/aromatic N) is 2. The zero-order valence-corrected chi connectivity index (χ0v) is 9.72. The standard InChI is InChI=1S/C12H11F3N4/c13-12(14,15)9-8(6-16)10(17)19-11(18-9)7-4-2-1-3-5-7/h1-5,8-9,11,18H,(H2,17,19). The number of benzene rings is 1. The second kappa shape index (κ2) is 4.90. The summed E-state index contributed by atoms with van der Waals surface area (Å²) in [6, 6.07) is 7.97. The van der Waals surface area contributed by atoms with Crippen LogP contribution in [0.5, 0.6) is 0 Å². The molecule has 100 valence electrons. The van der Waals surface area contributed by atoms with E-state index in [1.807, 2.05) is 0 Å². The Hall–Kier alpha value is -2.07. The van der Waals surface area contributed by atoms with Crippen molar-refractivity contribution < 1.29 is 13.2 Å². The third-order valence-electron chi connectivity index (χ3n) is 2.87. The smallest absolute Gasteiger partial charge is 0.386 e. The van der Waals surface area contributed by atoms with Crippen molar-refractivity contribution in [3.63, 3.8) is 0 Å². The minimum atomic E-state index is -4.56. The summed E-state index contributed by atoms with van der Waals surface area (Å²) >= 11 is 0. The van der Waals surface area contributed by atoms with Gasteiger partial charge in [0.2, 0.25) is 0 Å². The second-order valence-electron chi connectivity index (χ2n) is 4.16. The SMILES string of the molecule is N#CC1C(N)=NC(c2ccccc2)NC1C(F)(F)F. The predicted molar refractivity (Wildman–Crippen MR) is 62.9 cm³/mol. The van der Waals surface area contributed by atoms with Gasteiger partial charge in [0.25, 0.3) is 0 Å². The maximum absolute atomic E-state index is 12.9. The molecule has 0 aliphatic carbocycles. The summed E-state index contributed by atoms with van der Waals surface area (Å²) in [5, 5.41) is 11.1. The van der Waals surface area contributed by atoms with Crippen molar-refractivity contribution in [2.24, 2.45) is 16.6 Å². The summed E-state index contributed by atoms with van der Waals surface area (Å²) in [5.41, 5.74) is 6.06. The summed E-state index contributed by atoms with van der Waals surface area (Å²) < 4.78 is 38.7. The Morgan fingerprint density at radius 1 is 1.26 bits per heavy atom. The number of nitriles is 1. The Kier molecular flexibility index (Phi) is 3.44. The summed E-state index contributed by atoms with van der Waals surface area (Å²) in [6.45, 7) is 0. The molecule has 1 aromatic carbocycles. The van der Waals surface area contributed by atoms with Gasteiger partial charge in [-0.3, -0.25) is 5.32 Å². The van der Waals surface area contributed by atoms with Gasteiger partial charge in [-0.25, -0.2) is 4.99 Å². The quantitative estimate of drug-likeness (QED) is 0.814. The van der Waals surface area contributed by atoms with Crippen molar-refractivity contribution in [2.75, 3.05) is 0 Å². The molecule has 0 saturated carbocycles. The molecule has 3 N–H and O–H groups in total. The van der Waals surface area contributed by atoms with Gasteiger partial charge in [-0.2, -0.15) is 18.4 Å². The van der Waals surface area contributed by atoms with Crippen molar-refractivity contribution in [1.29, 1.82) is 5.26 Å². The fourth-order valence-corrected chi connectivity index (χ4v) is 1.93. The molecular formula is C12H11F3N4. The highest BCUT2D eigenvalue weighted by molar-refractivity contribution is 5.86. The molecule has 0 bridgehead atoms. The van der Waals surface area contributed by atoms with Crippen LogP contribution in [0.4, 0.5) is 13.2 Å². The van der Waals surface area contributed by atoms with E-state index in [2.05, 4.69) is 10.3 Å². The number of rotatable bonds is 1. The lowest BCUT2D eigenvalue weighted by Gasteiger charge is -2.33. The molecule has 1 aliphatic rings. The highest BCUT2D eigenvalue weighted by Crippen LogP contribution is 2.32. The van der Waals surface area contributed by atoms with E-state index in [9.17, 15) is 13.2 Å². The van der Waals surface area contributed by atoms with Crippen LogP contribution in [0.3, 0.4) is 0 Å². The lowest BCUT2D eigenvalue weighted by molar-refractivity contribution is -0.162. The number of nitrogens with two attached hydrogens (primary N) is 1.